The Labute approximate surface area is 133 Å². The first-order chi connectivity index (χ1) is 10.7. The molecule has 2 aromatic rings. The molecule has 0 radical (unpaired) electrons. The van der Waals surface area contributed by atoms with Crippen molar-refractivity contribution in [3.63, 3.8) is 0 Å². The van der Waals surface area contributed by atoms with Gasteiger partial charge in [-0.2, -0.15) is 5.26 Å². The van der Waals surface area contributed by atoms with E-state index in [2.05, 4.69) is 49.1 Å². The molecule has 3 rings (SSSR count). The number of rotatable bonds is 3. The molecule has 1 heterocycles. The van der Waals surface area contributed by atoms with Crippen molar-refractivity contribution in [2.75, 3.05) is 13.1 Å². The van der Waals surface area contributed by atoms with Crippen molar-refractivity contribution in [3.8, 4) is 17.2 Å². The summed E-state index contributed by atoms with van der Waals surface area (Å²) in [6.07, 6.45) is 1.26. The molecule has 0 bridgehead atoms. The Morgan fingerprint density at radius 2 is 1.59 bits per heavy atom. The first-order valence-corrected chi connectivity index (χ1v) is 8.02. The van der Waals surface area contributed by atoms with E-state index >= 15 is 0 Å². The van der Waals surface area contributed by atoms with Crippen molar-refractivity contribution in [1.82, 2.24) is 4.90 Å². The Kier molecular flexibility index (Phi) is 4.27. The highest BCUT2D eigenvalue weighted by atomic mass is 15.2. The van der Waals surface area contributed by atoms with E-state index in [4.69, 9.17) is 5.26 Å². The number of nitriles is 1. The van der Waals surface area contributed by atoms with Crippen molar-refractivity contribution in [3.05, 3.63) is 59.7 Å². The third-order valence-electron chi connectivity index (χ3n) is 4.68. The second-order valence-electron chi connectivity index (χ2n) is 6.39. The van der Waals surface area contributed by atoms with Crippen molar-refractivity contribution < 1.29 is 0 Å². The second kappa shape index (κ2) is 6.34. The lowest BCUT2D eigenvalue weighted by atomic mass is 9.95. The quantitative estimate of drug-likeness (QED) is 0.836. The van der Waals surface area contributed by atoms with Crippen LogP contribution in [-0.4, -0.2) is 24.0 Å². The summed E-state index contributed by atoms with van der Waals surface area (Å²) >= 11 is 0. The first kappa shape index (κ1) is 14.8. The summed E-state index contributed by atoms with van der Waals surface area (Å²) in [4.78, 5) is 2.55. The molecule has 2 nitrogen and oxygen atoms in total. The van der Waals surface area contributed by atoms with Gasteiger partial charge in [-0.3, -0.25) is 0 Å². The van der Waals surface area contributed by atoms with Gasteiger partial charge in [0.2, 0.25) is 0 Å². The van der Waals surface area contributed by atoms with Crippen LogP contribution in [0, 0.1) is 11.3 Å². The summed E-state index contributed by atoms with van der Waals surface area (Å²) in [5, 5.41) is 8.86. The molecule has 0 N–H and O–H groups in total. The van der Waals surface area contributed by atoms with Gasteiger partial charge in [-0.25, -0.2) is 0 Å². The van der Waals surface area contributed by atoms with Gasteiger partial charge in [0, 0.05) is 12.6 Å². The van der Waals surface area contributed by atoms with Crippen molar-refractivity contribution in [1.29, 1.82) is 5.26 Å². The first-order valence-electron chi connectivity index (χ1n) is 8.02. The fourth-order valence-corrected chi connectivity index (χ4v) is 3.21. The molecule has 1 atom stereocenters. The Hall–Kier alpha value is -2.11. The van der Waals surface area contributed by atoms with E-state index in [-0.39, 0.29) is 0 Å². The van der Waals surface area contributed by atoms with Crippen LogP contribution >= 0.6 is 0 Å². The fourth-order valence-electron chi connectivity index (χ4n) is 3.21. The van der Waals surface area contributed by atoms with E-state index < -0.39 is 0 Å². The van der Waals surface area contributed by atoms with Gasteiger partial charge in [0.25, 0.3) is 0 Å². The second-order valence-corrected chi connectivity index (χ2v) is 6.39. The Morgan fingerprint density at radius 1 is 1.00 bits per heavy atom. The number of hydrogen-bond donors (Lipinski definition) is 0. The van der Waals surface area contributed by atoms with Crippen molar-refractivity contribution in [2.24, 2.45) is 0 Å². The monoisotopic (exact) mass is 290 g/mol. The molecule has 2 heteroatoms. The van der Waals surface area contributed by atoms with Gasteiger partial charge < -0.3 is 4.90 Å². The summed E-state index contributed by atoms with van der Waals surface area (Å²) in [5.41, 5.74) is 4.54. The zero-order chi connectivity index (χ0) is 15.5. The minimum absolute atomic E-state index is 0.642. The van der Waals surface area contributed by atoms with Crippen LogP contribution in [0.25, 0.3) is 11.1 Å². The molecule has 1 saturated heterocycles. The third kappa shape index (κ3) is 3.05. The van der Waals surface area contributed by atoms with Crippen LogP contribution in [0.2, 0.25) is 0 Å². The van der Waals surface area contributed by atoms with Crippen LogP contribution in [0.15, 0.2) is 48.5 Å². The van der Waals surface area contributed by atoms with Gasteiger partial charge in [0.05, 0.1) is 11.6 Å². The molecule has 1 aliphatic heterocycles. The van der Waals surface area contributed by atoms with E-state index in [9.17, 15) is 0 Å². The van der Waals surface area contributed by atoms with E-state index in [0.717, 1.165) is 0 Å². The normalized spacial score (nSPS) is 18.5. The smallest absolute Gasteiger partial charge is 0.0991 e. The number of likely N-dealkylation sites (tertiary alicyclic amines) is 1. The highest BCUT2D eigenvalue weighted by Crippen LogP contribution is 2.30. The molecule has 1 fully saturated rings. The maximum Gasteiger partial charge on any atom is 0.0991 e. The molecule has 0 spiro atoms. The minimum Gasteiger partial charge on any atom is -0.300 e. The summed E-state index contributed by atoms with van der Waals surface area (Å²) in [6.45, 7) is 6.93. The molecular weight excluding hydrogens is 268 g/mol. The van der Waals surface area contributed by atoms with Gasteiger partial charge in [-0.1, -0.05) is 36.4 Å². The van der Waals surface area contributed by atoms with Crippen LogP contribution in [0.4, 0.5) is 0 Å². The maximum atomic E-state index is 8.86. The molecule has 0 unspecified atom stereocenters. The van der Waals surface area contributed by atoms with Crippen molar-refractivity contribution in [2.45, 2.75) is 32.2 Å². The topological polar surface area (TPSA) is 27.0 Å². The standard InChI is InChI=1S/C20H22N2/c1-15(2)22-12-11-20(14-22)19-9-7-18(8-10-19)17-5-3-16(13-21)4-6-17/h3-10,15,20H,11-12,14H2,1-2H3/t20-/m1/s1. The lowest BCUT2D eigenvalue weighted by molar-refractivity contribution is 0.272. The van der Waals surface area contributed by atoms with E-state index in [1.54, 1.807) is 0 Å². The lowest BCUT2D eigenvalue weighted by Crippen LogP contribution is -2.27. The molecule has 0 aliphatic carbocycles. The predicted molar refractivity (Wildman–Crippen MR) is 90.7 cm³/mol. The molecule has 0 amide bonds. The predicted octanol–water partition coefficient (Wildman–Crippen LogP) is 4.42. The molecule has 112 valence electrons. The maximum absolute atomic E-state index is 8.86. The third-order valence-corrected chi connectivity index (χ3v) is 4.68. The number of benzene rings is 2. The average Bonchev–Trinajstić information content (AvgIpc) is 3.05. The van der Waals surface area contributed by atoms with Crippen LogP contribution < -0.4 is 0 Å². The zero-order valence-corrected chi connectivity index (χ0v) is 13.3. The fraction of sp³-hybridized carbons (Fsp3) is 0.350. The molecular formula is C20H22N2. The number of nitrogens with zero attached hydrogens (tertiary/aromatic N) is 2. The SMILES string of the molecule is CC(C)N1CC[C@@H](c2ccc(-c3ccc(C#N)cc3)cc2)C1. The largest absolute Gasteiger partial charge is 0.300 e. The minimum atomic E-state index is 0.642. The summed E-state index contributed by atoms with van der Waals surface area (Å²) in [7, 11) is 0. The van der Waals surface area contributed by atoms with Crippen molar-refractivity contribution >= 4 is 0 Å². The Bertz CT molecular complexity index is 662. The molecule has 1 aliphatic rings. The molecule has 22 heavy (non-hydrogen) atoms. The highest BCUT2D eigenvalue weighted by Gasteiger charge is 2.25. The van der Waals surface area contributed by atoms with Crippen LogP contribution in [0.1, 0.15) is 37.3 Å². The molecule has 0 aromatic heterocycles. The molecule has 0 saturated carbocycles. The average molecular weight is 290 g/mol. The lowest BCUT2D eigenvalue weighted by Gasteiger charge is -2.20. The van der Waals surface area contributed by atoms with Crippen LogP contribution in [-0.2, 0) is 0 Å². The van der Waals surface area contributed by atoms with Gasteiger partial charge in [0.1, 0.15) is 0 Å². The van der Waals surface area contributed by atoms with Crippen LogP contribution in [0.5, 0.6) is 0 Å². The number of hydrogen-bond acceptors (Lipinski definition) is 2. The van der Waals surface area contributed by atoms with Gasteiger partial charge in [-0.15, -0.1) is 0 Å². The summed E-state index contributed by atoms with van der Waals surface area (Å²) in [5.74, 6) is 0.664. The summed E-state index contributed by atoms with van der Waals surface area (Å²) < 4.78 is 0. The van der Waals surface area contributed by atoms with Crippen LogP contribution in [0.3, 0.4) is 0 Å². The highest BCUT2D eigenvalue weighted by molar-refractivity contribution is 5.64. The van der Waals surface area contributed by atoms with E-state index in [0.29, 0.717) is 17.5 Å². The Balaban J connectivity index is 1.74. The zero-order valence-electron chi connectivity index (χ0n) is 13.3. The van der Waals surface area contributed by atoms with Gasteiger partial charge >= 0.3 is 0 Å². The van der Waals surface area contributed by atoms with Gasteiger partial charge in [0.15, 0.2) is 0 Å². The van der Waals surface area contributed by atoms with Gasteiger partial charge in [-0.05, 0) is 61.6 Å². The molecule has 2 aromatic carbocycles. The van der Waals surface area contributed by atoms with E-state index in [1.165, 1.54) is 36.2 Å². The Morgan fingerprint density at radius 3 is 2.09 bits per heavy atom. The summed E-state index contributed by atoms with van der Waals surface area (Å²) in [6, 6.07) is 19.5. The van der Waals surface area contributed by atoms with E-state index in [1.807, 2.05) is 24.3 Å².